The third kappa shape index (κ3) is 6.28. The third-order valence-electron chi connectivity index (χ3n) is 2.21. The van der Waals surface area contributed by atoms with Crippen molar-refractivity contribution in [1.82, 2.24) is 0 Å². The van der Waals surface area contributed by atoms with E-state index < -0.39 is 22.4 Å². The van der Waals surface area contributed by atoms with Crippen LogP contribution in [0.4, 0.5) is 0 Å². The van der Waals surface area contributed by atoms with Crippen molar-refractivity contribution >= 4 is 10.2 Å². The molecular formula is C16H21O3Si. The quantitative estimate of drug-likeness (QED) is 0.425. The fourth-order valence-corrected chi connectivity index (χ4v) is 1.92. The molecule has 0 aromatic rings. The molecule has 0 bridgehead atoms. The molecule has 3 nitrogen and oxygen atoms in total. The fraction of sp³-hybridized carbons (Fsp3) is 0.625. The normalized spacial score (nSPS) is 13.2. The molecule has 107 valence electrons. The van der Waals surface area contributed by atoms with Crippen LogP contribution >= 0.6 is 0 Å². The lowest BCUT2D eigenvalue weighted by Gasteiger charge is -2.42. The van der Waals surface area contributed by atoms with E-state index in [2.05, 4.69) is 28.0 Å². The number of terminal acetylenes is 3. The van der Waals surface area contributed by atoms with Crippen molar-refractivity contribution in [2.24, 2.45) is 0 Å². The van der Waals surface area contributed by atoms with Gasteiger partial charge < -0.3 is 14.2 Å². The molecule has 0 saturated heterocycles. The van der Waals surface area contributed by atoms with Crippen LogP contribution in [0.15, 0.2) is 0 Å². The van der Waals surface area contributed by atoms with E-state index in [1.165, 1.54) is 0 Å². The van der Waals surface area contributed by atoms with E-state index in [1.807, 2.05) is 0 Å². The topological polar surface area (TPSA) is 27.7 Å². The summed E-state index contributed by atoms with van der Waals surface area (Å²) in [6, 6.07) is 0. The second kappa shape index (κ2) is 6.04. The molecule has 0 atom stereocenters. The molecule has 0 heterocycles. The Balaban J connectivity index is 5.43. The Hall–Kier alpha value is -1.22. The van der Waals surface area contributed by atoms with Crippen LogP contribution in [0.25, 0.3) is 0 Å². The molecule has 20 heavy (non-hydrogen) atoms. The Morgan fingerprint density at radius 3 is 1.00 bits per heavy atom. The maximum absolute atomic E-state index is 5.69. The zero-order valence-corrected chi connectivity index (χ0v) is 14.0. The molecule has 0 rings (SSSR count). The second-order valence-electron chi connectivity index (χ2n) is 5.83. The number of rotatable bonds is 6. The van der Waals surface area contributed by atoms with Gasteiger partial charge in [-0.3, -0.25) is 0 Å². The summed E-state index contributed by atoms with van der Waals surface area (Å²) in [5.74, 6) is 7.46. The highest BCUT2D eigenvalue weighted by Gasteiger charge is 2.42. The maximum Gasteiger partial charge on any atom is 0.252 e. The van der Waals surface area contributed by atoms with E-state index in [4.69, 9.17) is 33.5 Å². The zero-order valence-electron chi connectivity index (χ0n) is 13.0. The second-order valence-corrected chi connectivity index (χ2v) is 6.44. The van der Waals surface area contributed by atoms with Crippen molar-refractivity contribution in [2.75, 3.05) is 0 Å². The van der Waals surface area contributed by atoms with Gasteiger partial charge in [0.05, 0.1) is 0 Å². The van der Waals surface area contributed by atoms with Gasteiger partial charge in [0, 0.05) is 0 Å². The van der Waals surface area contributed by atoms with Gasteiger partial charge in [-0.15, -0.1) is 19.3 Å². The highest BCUT2D eigenvalue weighted by atomic mass is 28.1. The van der Waals surface area contributed by atoms with Crippen LogP contribution in [-0.4, -0.2) is 32.6 Å². The predicted molar refractivity (Wildman–Crippen MR) is 80.5 cm³/mol. The zero-order chi connectivity index (χ0) is 16.2. The van der Waals surface area contributed by atoms with Crippen LogP contribution in [0.5, 0.6) is 0 Å². The first-order valence-corrected chi connectivity index (χ1v) is 6.59. The van der Waals surface area contributed by atoms with Crippen LogP contribution in [0.3, 0.4) is 0 Å². The molecule has 0 N–H and O–H groups in total. The smallest absolute Gasteiger partial charge is 0.252 e. The summed E-state index contributed by atoms with van der Waals surface area (Å²) >= 11 is 0. The average molecular weight is 289 g/mol. The van der Waals surface area contributed by atoms with Crippen LogP contribution in [0.1, 0.15) is 41.5 Å². The number of hydrogen-bond donors (Lipinski definition) is 0. The van der Waals surface area contributed by atoms with Gasteiger partial charge in [-0.25, -0.2) is 0 Å². The molecule has 0 unspecified atom stereocenters. The molecule has 3 radical (unpaired) electrons. The van der Waals surface area contributed by atoms with Gasteiger partial charge in [0.25, 0.3) is 5.60 Å². The van der Waals surface area contributed by atoms with Crippen molar-refractivity contribution in [3.63, 3.8) is 0 Å². The van der Waals surface area contributed by atoms with Gasteiger partial charge in [-0.2, -0.15) is 0 Å². The molecule has 0 aromatic heterocycles. The molecule has 0 fully saturated rings. The van der Waals surface area contributed by atoms with Crippen molar-refractivity contribution in [1.29, 1.82) is 0 Å². The van der Waals surface area contributed by atoms with Gasteiger partial charge >= 0.3 is 0 Å². The van der Waals surface area contributed by atoms with Crippen LogP contribution in [-0.2, 0) is 14.2 Å². The highest BCUT2D eigenvalue weighted by Crippen LogP contribution is 2.29. The van der Waals surface area contributed by atoms with E-state index in [9.17, 15) is 0 Å². The van der Waals surface area contributed by atoms with E-state index in [1.54, 1.807) is 41.5 Å². The summed E-state index contributed by atoms with van der Waals surface area (Å²) in [5.41, 5.74) is -4.51. The monoisotopic (exact) mass is 289 g/mol. The lowest BCUT2D eigenvalue weighted by atomic mass is 10.1. The first-order valence-electron chi connectivity index (χ1n) is 6.09. The average Bonchev–Trinajstić information content (AvgIpc) is 2.26. The largest absolute Gasteiger partial charge is 0.313 e. The lowest BCUT2D eigenvalue weighted by molar-refractivity contribution is -0.385. The molecule has 0 spiro atoms. The fourth-order valence-electron chi connectivity index (χ4n) is 1.16. The van der Waals surface area contributed by atoms with Gasteiger partial charge in [0.2, 0.25) is 0 Å². The van der Waals surface area contributed by atoms with Crippen molar-refractivity contribution in [3.05, 3.63) is 0 Å². The molecule has 0 amide bonds. The Kier molecular flexibility index (Phi) is 5.67. The summed E-state index contributed by atoms with van der Waals surface area (Å²) in [6.07, 6.45) is 16.3. The molecule has 0 aliphatic carbocycles. The summed E-state index contributed by atoms with van der Waals surface area (Å²) < 4.78 is 17.1. The molecule has 4 heteroatoms. The van der Waals surface area contributed by atoms with Crippen LogP contribution < -0.4 is 0 Å². The summed E-state index contributed by atoms with van der Waals surface area (Å²) in [4.78, 5) is 0. The van der Waals surface area contributed by atoms with Gasteiger partial charge in [0.15, 0.2) is 10.2 Å². The Morgan fingerprint density at radius 2 is 0.850 bits per heavy atom. The minimum atomic E-state index is -1.67. The Morgan fingerprint density at radius 1 is 0.650 bits per heavy atom. The number of ether oxygens (including phenoxy) is 3. The van der Waals surface area contributed by atoms with E-state index in [0.717, 1.165) is 0 Å². The first-order chi connectivity index (χ1) is 8.80. The predicted octanol–water partition coefficient (Wildman–Crippen LogP) is 2.05. The third-order valence-corrected chi connectivity index (χ3v) is 2.52. The number of hydrogen-bond acceptors (Lipinski definition) is 3. The van der Waals surface area contributed by atoms with E-state index in [0.29, 0.717) is 0 Å². The summed E-state index contributed by atoms with van der Waals surface area (Å²) in [7, 11) is 3.32. The lowest BCUT2D eigenvalue weighted by Crippen LogP contribution is -2.53. The minimum Gasteiger partial charge on any atom is -0.313 e. The van der Waals surface area contributed by atoms with E-state index >= 15 is 0 Å². The molecule has 0 aromatic carbocycles. The Bertz CT molecular complexity index is 400. The molecule has 0 saturated carbocycles. The molecular weight excluding hydrogens is 268 g/mol. The SMILES string of the molecule is C#CC(C)(C)OC([Si])(OC(C)(C)C#C)OC(C)(C)C#C. The van der Waals surface area contributed by atoms with Gasteiger partial charge in [-0.1, -0.05) is 17.8 Å². The minimum absolute atomic E-state index is 0.947. The summed E-state index contributed by atoms with van der Waals surface area (Å²) in [5, 5.41) is 0. The summed E-state index contributed by atoms with van der Waals surface area (Å²) in [6.45, 7) is 10.2. The molecule has 0 aliphatic heterocycles. The van der Waals surface area contributed by atoms with Gasteiger partial charge in [0.1, 0.15) is 16.8 Å². The highest BCUT2D eigenvalue weighted by molar-refractivity contribution is 6.12. The van der Waals surface area contributed by atoms with Crippen LogP contribution in [0, 0.1) is 37.0 Å². The van der Waals surface area contributed by atoms with Crippen molar-refractivity contribution < 1.29 is 14.2 Å². The van der Waals surface area contributed by atoms with Crippen LogP contribution in [0.2, 0.25) is 0 Å². The van der Waals surface area contributed by atoms with Gasteiger partial charge in [-0.05, 0) is 41.5 Å². The van der Waals surface area contributed by atoms with Crippen molar-refractivity contribution in [2.45, 2.75) is 63.9 Å². The Labute approximate surface area is 126 Å². The standard InChI is InChI=1S/C16H21O3Si/c1-10-13(4,5)17-16(20,18-14(6,7)11-2)19-15(8,9)12-3/h1-3H,4-9H3. The first kappa shape index (κ1) is 18.8. The molecule has 0 aliphatic rings. The maximum atomic E-state index is 5.69. The van der Waals surface area contributed by atoms with E-state index in [-0.39, 0.29) is 0 Å². The van der Waals surface area contributed by atoms with Crippen molar-refractivity contribution in [3.8, 4) is 37.0 Å².